The molecule has 0 unspecified atom stereocenters. The third-order valence-electron chi connectivity index (χ3n) is 4.80. The van der Waals surface area contributed by atoms with E-state index in [-0.39, 0.29) is 22.7 Å². The molecule has 1 saturated carbocycles. The van der Waals surface area contributed by atoms with Gasteiger partial charge in [-0.3, -0.25) is 4.79 Å². The Morgan fingerprint density at radius 3 is 2.26 bits per heavy atom. The van der Waals surface area contributed by atoms with E-state index in [1.54, 1.807) is 25.3 Å². The molecule has 1 amide bonds. The molecule has 0 saturated heterocycles. The molecule has 1 aliphatic rings. The predicted octanol–water partition coefficient (Wildman–Crippen LogP) is 2.90. The molecule has 104 valence electrons. The molecule has 4 nitrogen and oxygen atoms in total. The van der Waals surface area contributed by atoms with Gasteiger partial charge in [-0.25, -0.2) is 0 Å². The van der Waals surface area contributed by atoms with Gasteiger partial charge in [0.25, 0.3) is 0 Å². The second-order valence-electron chi connectivity index (χ2n) is 6.32. The zero-order valence-corrected chi connectivity index (χ0v) is 12.2. The number of ether oxygens (including phenoxy) is 1. The zero-order chi connectivity index (χ0) is 14.4. The first kappa shape index (κ1) is 13.7. The van der Waals surface area contributed by atoms with Crippen LogP contribution in [0.3, 0.4) is 0 Å². The molecule has 0 bridgehead atoms. The van der Waals surface area contributed by atoms with E-state index in [4.69, 9.17) is 10.5 Å². The molecule has 0 aromatic heterocycles. The maximum Gasteiger partial charge on any atom is 0.228 e. The van der Waals surface area contributed by atoms with Gasteiger partial charge in [0.05, 0.1) is 18.5 Å². The Kier molecular flexibility index (Phi) is 3.00. The van der Waals surface area contributed by atoms with Crippen molar-refractivity contribution in [1.29, 1.82) is 0 Å². The Labute approximate surface area is 114 Å². The first-order chi connectivity index (χ1) is 8.71. The van der Waals surface area contributed by atoms with Crippen LogP contribution >= 0.6 is 0 Å². The summed E-state index contributed by atoms with van der Waals surface area (Å²) < 4.78 is 5.09. The highest BCUT2D eigenvalue weighted by atomic mass is 16.5. The number of carbonyl (C=O) groups is 1. The Morgan fingerprint density at radius 2 is 1.84 bits per heavy atom. The Hall–Kier alpha value is -1.71. The van der Waals surface area contributed by atoms with Crippen molar-refractivity contribution in [2.45, 2.75) is 27.7 Å². The maximum atomic E-state index is 12.3. The van der Waals surface area contributed by atoms with Gasteiger partial charge < -0.3 is 15.8 Å². The highest BCUT2D eigenvalue weighted by Crippen LogP contribution is 2.68. The van der Waals surface area contributed by atoms with Crippen molar-refractivity contribution in [3.8, 4) is 5.75 Å². The van der Waals surface area contributed by atoms with Crippen molar-refractivity contribution in [3.05, 3.63) is 18.2 Å². The van der Waals surface area contributed by atoms with Crippen molar-refractivity contribution in [2.24, 2.45) is 16.7 Å². The molecule has 1 aromatic carbocycles. The van der Waals surface area contributed by atoms with Crippen LogP contribution in [-0.4, -0.2) is 13.0 Å². The smallest absolute Gasteiger partial charge is 0.228 e. The van der Waals surface area contributed by atoms with Crippen LogP contribution in [0.1, 0.15) is 27.7 Å². The molecule has 0 spiro atoms. The van der Waals surface area contributed by atoms with E-state index in [0.717, 1.165) is 0 Å². The van der Waals surface area contributed by atoms with Gasteiger partial charge >= 0.3 is 0 Å². The third kappa shape index (κ3) is 2.05. The second-order valence-corrected chi connectivity index (χ2v) is 6.32. The number of anilines is 2. The molecule has 3 N–H and O–H groups in total. The average Bonchev–Trinajstić information content (AvgIpc) is 2.72. The second kappa shape index (κ2) is 4.15. The third-order valence-corrected chi connectivity index (χ3v) is 4.80. The van der Waals surface area contributed by atoms with Gasteiger partial charge in [0.1, 0.15) is 5.75 Å². The van der Waals surface area contributed by atoms with E-state index in [0.29, 0.717) is 17.1 Å². The summed E-state index contributed by atoms with van der Waals surface area (Å²) in [5.74, 6) is 0.732. The lowest BCUT2D eigenvalue weighted by molar-refractivity contribution is -0.118. The lowest BCUT2D eigenvalue weighted by Crippen LogP contribution is -2.18. The fraction of sp³-hybridized carbons (Fsp3) is 0.533. The largest absolute Gasteiger partial charge is 0.497 e. The van der Waals surface area contributed by atoms with Crippen LogP contribution in [0.5, 0.6) is 5.75 Å². The van der Waals surface area contributed by atoms with Gasteiger partial charge in [0.15, 0.2) is 0 Å². The SMILES string of the molecule is COc1ccc(NC(=O)C2C(C)(C)C2(C)C)c(N)c1. The molecular weight excluding hydrogens is 240 g/mol. The lowest BCUT2D eigenvalue weighted by Gasteiger charge is -2.10. The monoisotopic (exact) mass is 262 g/mol. The van der Waals surface area contributed by atoms with Gasteiger partial charge in [-0.05, 0) is 23.0 Å². The number of rotatable bonds is 3. The van der Waals surface area contributed by atoms with E-state index in [1.165, 1.54) is 0 Å². The summed E-state index contributed by atoms with van der Waals surface area (Å²) in [6.45, 7) is 8.48. The summed E-state index contributed by atoms with van der Waals surface area (Å²) in [5.41, 5.74) is 7.12. The first-order valence-corrected chi connectivity index (χ1v) is 6.46. The highest BCUT2D eigenvalue weighted by molar-refractivity contribution is 5.98. The minimum atomic E-state index is 0.0153. The normalized spacial score (nSPS) is 19.8. The summed E-state index contributed by atoms with van der Waals surface area (Å²) in [6.07, 6.45) is 0. The summed E-state index contributed by atoms with van der Waals surface area (Å²) in [5, 5.41) is 2.92. The topological polar surface area (TPSA) is 64.3 Å². The Bertz CT molecular complexity index is 507. The van der Waals surface area contributed by atoms with Crippen molar-refractivity contribution in [1.82, 2.24) is 0 Å². The number of carbonyl (C=O) groups excluding carboxylic acids is 1. The minimum absolute atomic E-state index is 0.0153. The van der Waals surface area contributed by atoms with Crippen LogP contribution < -0.4 is 15.8 Å². The van der Waals surface area contributed by atoms with Crippen LogP contribution in [-0.2, 0) is 4.79 Å². The zero-order valence-electron chi connectivity index (χ0n) is 12.2. The molecule has 1 aromatic rings. The van der Waals surface area contributed by atoms with Gasteiger partial charge in [0, 0.05) is 12.0 Å². The standard InChI is InChI=1S/C15H22N2O2/c1-14(2)12(15(14,3)4)13(18)17-11-7-6-9(19-5)8-10(11)16/h6-8,12H,16H2,1-5H3,(H,17,18). The van der Waals surface area contributed by atoms with Gasteiger partial charge in [-0.15, -0.1) is 0 Å². The number of nitrogen functional groups attached to an aromatic ring is 1. The fourth-order valence-corrected chi connectivity index (χ4v) is 2.84. The Balaban J connectivity index is 2.13. The molecule has 4 heteroatoms. The van der Waals surface area contributed by atoms with Crippen LogP contribution in [0.4, 0.5) is 11.4 Å². The van der Waals surface area contributed by atoms with Crippen LogP contribution in [0.15, 0.2) is 18.2 Å². The predicted molar refractivity (Wildman–Crippen MR) is 77.1 cm³/mol. The number of hydrogen-bond donors (Lipinski definition) is 2. The first-order valence-electron chi connectivity index (χ1n) is 6.46. The van der Waals surface area contributed by atoms with Gasteiger partial charge in [-0.2, -0.15) is 0 Å². The molecule has 1 fully saturated rings. The quantitative estimate of drug-likeness (QED) is 0.823. The summed E-state index contributed by atoms with van der Waals surface area (Å²) in [7, 11) is 1.59. The van der Waals surface area contributed by atoms with Crippen LogP contribution in [0.2, 0.25) is 0 Å². The van der Waals surface area contributed by atoms with E-state index in [9.17, 15) is 4.79 Å². The average molecular weight is 262 g/mol. The summed E-state index contributed by atoms with van der Waals surface area (Å²) in [6, 6.07) is 5.27. The highest BCUT2D eigenvalue weighted by Gasteiger charge is 2.68. The molecule has 0 heterocycles. The van der Waals surface area contributed by atoms with Gasteiger partial charge in [0.2, 0.25) is 5.91 Å². The lowest BCUT2D eigenvalue weighted by atomic mass is 10.0. The molecule has 0 radical (unpaired) electrons. The van der Waals surface area contributed by atoms with E-state index >= 15 is 0 Å². The number of methoxy groups -OCH3 is 1. The molecule has 0 atom stereocenters. The van der Waals surface area contributed by atoms with Crippen LogP contribution in [0.25, 0.3) is 0 Å². The molecule has 2 rings (SSSR count). The fourth-order valence-electron chi connectivity index (χ4n) is 2.84. The number of nitrogens with one attached hydrogen (secondary N) is 1. The molecule has 0 aliphatic heterocycles. The number of nitrogens with two attached hydrogens (primary N) is 1. The Morgan fingerprint density at radius 1 is 1.26 bits per heavy atom. The minimum Gasteiger partial charge on any atom is -0.497 e. The molecular formula is C15H22N2O2. The maximum absolute atomic E-state index is 12.3. The number of hydrogen-bond acceptors (Lipinski definition) is 3. The number of amides is 1. The van der Waals surface area contributed by atoms with Crippen LogP contribution in [0, 0.1) is 16.7 Å². The molecule has 19 heavy (non-hydrogen) atoms. The van der Waals surface area contributed by atoms with E-state index in [1.807, 2.05) is 0 Å². The number of benzene rings is 1. The van der Waals surface area contributed by atoms with Crippen molar-refractivity contribution in [2.75, 3.05) is 18.2 Å². The summed E-state index contributed by atoms with van der Waals surface area (Å²) in [4.78, 5) is 12.3. The van der Waals surface area contributed by atoms with Crippen molar-refractivity contribution in [3.63, 3.8) is 0 Å². The summed E-state index contributed by atoms with van der Waals surface area (Å²) >= 11 is 0. The van der Waals surface area contributed by atoms with E-state index < -0.39 is 0 Å². The van der Waals surface area contributed by atoms with Crippen molar-refractivity contribution < 1.29 is 9.53 Å². The molecule has 1 aliphatic carbocycles. The van der Waals surface area contributed by atoms with E-state index in [2.05, 4.69) is 33.0 Å². The van der Waals surface area contributed by atoms with Gasteiger partial charge in [-0.1, -0.05) is 27.7 Å². The van der Waals surface area contributed by atoms with Crippen molar-refractivity contribution >= 4 is 17.3 Å².